The van der Waals surface area contributed by atoms with Crippen molar-refractivity contribution in [1.29, 1.82) is 0 Å². The number of carbonyl (C=O) groups excluding carboxylic acids is 2. The molecule has 0 aromatic heterocycles. The lowest BCUT2D eigenvalue weighted by atomic mass is 9.57. The van der Waals surface area contributed by atoms with Crippen molar-refractivity contribution in [3.05, 3.63) is 23.3 Å². The van der Waals surface area contributed by atoms with E-state index in [-0.39, 0.29) is 23.0 Å². The van der Waals surface area contributed by atoms with Crippen molar-refractivity contribution in [2.24, 2.45) is 22.5 Å². The van der Waals surface area contributed by atoms with Crippen molar-refractivity contribution < 1.29 is 14.7 Å². The van der Waals surface area contributed by atoms with Crippen molar-refractivity contribution in [1.82, 2.24) is 0 Å². The monoisotopic (exact) mass is 291 g/mol. The second-order valence-corrected chi connectivity index (χ2v) is 6.88. The minimum absolute atomic E-state index is 0.0561. The summed E-state index contributed by atoms with van der Waals surface area (Å²) < 4.78 is 0. The zero-order valence-corrected chi connectivity index (χ0v) is 13.3. The van der Waals surface area contributed by atoms with Crippen LogP contribution >= 0.6 is 0 Å². The average Bonchev–Trinajstić information content (AvgIpc) is 2.42. The van der Waals surface area contributed by atoms with Crippen LogP contribution in [0.4, 0.5) is 0 Å². The van der Waals surface area contributed by atoms with E-state index in [0.29, 0.717) is 12.0 Å². The highest BCUT2D eigenvalue weighted by atomic mass is 16.3. The summed E-state index contributed by atoms with van der Waals surface area (Å²) in [6, 6.07) is 0. The molecule has 2 aliphatic carbocycles. The van der Waals surface area contributed by atoms with Gasteiger partial charge in [0.15, 0.2) is 5.78 Å². The fraction of sp³-hybridized carbons (Fsp3) is 0.647. The lowest BCUT2D eigenvalue weighted by molar-refractivity contribution is -0.134. The van der Waals surface area contributed by atoms with Gasteiger partial charge in [0, 0.05) is 11.3 Å². The molecule has 4 atom stereocenters. The molecule has 0 bridgehead atoms. The molecule has 116 valence electrons. The molecule has 4 unspecified atom stereocenters. The van der Waals surface area contributed by atoms with Gasteiger partial charge >= 0.3 is 0 Å². The third-order valence-corrected chi connectivity index (χ3v) is 5.76. The molecular weight excluding hydrogens is 266 g/mol. The van der Waals surface area contributed by atoms with Crippen molar-refractivity contribution in [2.75, 3.05) is 0 Å². The normalized spacial score (nSPS) is 35.4. The maximum atomic E-state index is 11.9. The molecule has 3 N–H and O–H groups in total. The molecule has 1 fully saturated rings. The molecule has 1 amide bonds. The largest absolute Gasteiger partial charge is 0.388 e. The van der Waals surface area contributed by atoms with Gasteiger partial charge in [-0.05, 0) is 43.4 Å². The fourth-order valence-corrected chi connectivity index (χ4v) is 3.91. The number of ketones is 1. The Morgan fingerprint density at radius 2 is 2.19 bits per heavy atom. The second-order valence-electron chi connectivity index (χ2n) is 6.88. The molecule has 4 nitrogen and oxygen atoms in total. The molecule has 4 heteroatoms. The van der Waals surface area contributed by atoms with E-state index in [1.54, 1.807) is 13.0 Å². The summed E-state index contributed by atoms with van der Waals surface area (Å²) in [6.45, 7) is 7.54. The number of hydrogen-bond donors (Lipinski definition) is 2. The van der Waals surface area contributed by atoms with Gasteiger partial charge in [-0.15, -0.1) is 0 Å². The lowest BCUT2D eigenvalue weighted by Crippen LogP contribution is -2.51. The summed E-state index contributed by atoms with van der Waals surface area (Å²) in [7, 11) is 0. The first-order valence-corrected chi connectivity index (χ1v) is 7.60. The Labute approximate surface area is 126 Å². The van der Waals surface area contributed by atoms with Crippen LogP contribution in [0.5, 0.6) is 0 Å². The van der Waals surface area contributed by atoms with E-state index < -0.39 is 11.5 Å². The summed E-state index contributed by atoms with van der Waals surface area (Å²) >= 11 is 0. The summed E-state index contributed by atoms with van der Waals surface area (Å²) in [6.07, 6.45) is 4.81. The molecule has 1 saturated carbocycles. The van der Waals surface area contributed by atoms with E-state index in [2.05, 4.69) is 0 Å². The summed E-state index contributed by atoms with van der Waals surface area (Å²) in [5, 5.41) is 10.9. The minimum Gasteiger partial charge on any atom is -0.388 e. The maximum Gasteiger partial charge on any atom is 0.223 e. The van der Waals surface area contributed by atoms with Crippen LogP contribution < -0.4 is 5.73 Å². The standard InChI is InChI=1S/C17H25NO3/c1-5-17(4,15(18)21)11-6-8-16(3)9-7-12(19)10(2)13(16)14(11)20/h7,9,11,14,20H,5-6,8H2,1-4H3,(H2,18,21). The van der Waals surface area contributed by atoms with Gasteiger partial charge in [0.2, 0.25) is 5.91 Å². The maximum absolute atomic E-state index is 11.9. The van der Waals surface area contributed by atoms with E-state index in [1.165, 1.54) is 0 Å². The van der Waals surface area contributed by atoms with Gasteiger partial charge in [-0.2, -0.15) is 0 Å². The number of aliphatic hydroxyl groups excluding tert-OH is 1. The number of primary amides is 1. The number of allylic oxidation sites excluding steroid dienone is 3. The molecule has 21 heavy (non-hydrogen) atoms. The predicted octanol–water partition coefficient (Wildman–Crippen LogP) is 2.12. The minimum atomic E-state index is -0.796. The van der Waals surface area contributed by atoms with Crippen molar-refractivity contribution in [2.45, 2.75) is 53.1 Å². The van der Waals surface area contributed by atoms with Gasteiger partial charge < -0.3 is 10.8 Å². The van der Waals surface area contributed by atoms with Gasteiger partial charge in [0.25, 0.3) is 0 Å². The Morgan fingerprint density at radius 1 is 1.57 bits per heavy atom. The molecule has 0 heterocycles. The first-order chi connectivity index (χ1) is 9.67. The van der Waals surface area contributed by atoms with Crippen LogP contribution in [0.25, 0.3) is 0 Å². The summed E-state index contributed by atoms with van der Waals surface area (Å²) in [4.78, 5) is 23.8. The highest BCUT2D eigenvalue weighted by Gasteiger charge is 2.50. The zero-order chi connectivity index (χ0) is 16.0. The molecule has 0 radical (unpaired) electrons. The second kappa shape index (κ2) is 5.09. The van der Waals surface area contributed by atoms with Crippen molar-refractivity contribution >= 4 is 11.7 Å². The van der Waals surface area contributed by atoms with Crippen LogP contribution in [0.1, 0.15) is 47.0 Å². The Hall–Kier alpha value is -1.42. The Kier molecular flexibility index (Phi) is 3.87. The Bertz CT molecular complexity index is 548. The summed E-state index contributed by atoms with van der Waals surface area (Å²) in [5.74, 6) is -0.676. The number of hydrogen-bond acceptors (Lipinski definition) is 3. The van der Waals surface area contributed by atoms with Crippen LogP contribution in [0.3, 0.4) is 0 Å². The summed E-state index contributed by atoms with van der Waals surface area (Å²) in [5.41, 5.74) is 5.93. The van der Waals surface area contributed by atoms with Crippen LogP contribution in [0.2, 0.25) is 0 Å². The van der Waals surface area contributed by atoms with Gasteiger partial charge in [-0.1, -0.05) is 26.8 Å². The van der Waals surface area contributed by atoms with E-state index in [0.717, 1.165) is 18.4 Å². The Balaban J connectivity index is 2.48. The van der Waals surface area contributed by atoms with Crippen LogP contribution in [0, 0.1) is 16.7 Å². The third kappa shape index (κ3) is 2.26. The number of rotatable bonds is 3. The molecule has 2 aliphatic rings. The first kappa shape index (κ1) is 16.0. The smallest absolute Gasteiger partial charge is 0.223 e. The fourth-order valence-electron chi connectivity index (χ4n) is 3.91. The van der Waals surface area contributed by atoms with Crippen molar-refractivity contribution in [3.63, 3.8) is 0 Å². The predicted molar refractivity (Wildman–Crippen MR) is 81.3 cm³/mol. The van der Waals surface area contributed by atoms with Gasteiger partial charge in [0.05, 0.1) is 11.5 Å². The number of fused-ring (bicyclic) bond motifs is 1. The Morgan fingerprint density at radius 3 is 2.71 bits per heavy atom. The van der Waals surface area contributed by atoms with Gasteiger partial charge in [-0.25, -0.2) is 0 Å². The quantitative estimate of drug-likeness (QED) is 0.835. The molecule has 2 rings (SSSR count). The molecule has 0 aromatic carbocycles. The van der Waals surface area contributed by atoms with E-state index >= 15 is 0 Å². The van der Waals surface area contributed by atoms with Gasteiger partial charge in [-0.3, -0.25) is 9.59 Å². The molecular formula is C17H25NO3. The third-order valence-electron chi connectivity index (χ3n) is 5.76. The number of aliphatic hydroxyl groups is 1. The first-order valence-electron chi connectivity index (χ1n) is 7.60. The van der Waals surface area contributed by atoms with Crippen LogP contribution in [-0.4, -0.2) is 22.9 Å². The average molecular weight is 291 g/mol. The number of amides is 1. The van der Waals surface area contributed by atoms with Crippen molar-refractivity contribution in [3.8, 4) is 0 Å². The van der Waals surface area contributed by atoms with E-state index in [4.69, 9.17) is 5.73 Å². The highest BCUT2D eigenvalue weighted by Crippen LogP contribution is 2.52. The lowest BCUT2D eigenvalue weighted by Gasteiger charge is -2.48. The number of carbonyl (C=O) groups is 2. The SMILES string of the molecule is CCC(C)(C(N)=O)C1CCC2(C)C=CC(=O)C(C)=C2C1O. The molecule has 0 spiro atoms. The van der Waals surface area contributed by atoms with Gasteiger partial charge in [0.1, 0.15) is 0 Å². The van der Waals surface area contributed by atoms with E-state index in [9.17, 15) is 14.7 Å². The zero-order valence-electron chi connectivity index (χ0n) is 13.3. The molecule has 0 aliphatic heterocycles. The highest BCUT2D eigenvalue weighted by molar-refractivity contribution is 6.05. The van der Waals surface area contributed by atoms with Crippen LogP contribution in [0.15, 0.2) is 23.3 Å². The van der Waals surface area contributed by atoms with E-state index in [1.807, 2.05) is 26.8 Å². The molecule has 0 aromatic rings. The number of nitrogens with two attached hydrogens (primary N) is 1. The molecule has 0 saturated heterocycles. The van der Waals surface area contributed by atoms with Crippen LogP contribution in [-0.2, 0) is 9.59 Å². The topological polar surface area (TPSA) is 80.4 Å².